The quantitative estimate of drug-likeness (QED) is 0.892. The molecule has 1 aliphatic heterocycles. The first-order chi connectivity index (χ1) is 8.63. The molecule has 0 fully saturated rings. The highest BCUT2D eigenvalue weighted by molar-refractivity contribution is 5.98. The molecule has 0 spiro atoms. The number of hydrogen-bond donors (Lipinski definition) is 1. The molecule has 0 aromatic heterocycles. The van der Waals surface area contributed by atoms with Crippen molar-refractivity contribution in [3.63, 3.8) is 0 Å². The van der Waals surface area contributed by atoms with E-state index in [4.69, 9.17) is 9.47 Å². The predicted octanol–water partition coefficient (Wildman–Crippen LogP) is 2.83. The molecule has 0 aliphatic carbocycles. The van der Waals surface area contributed by atoms with E-state index in [0.29, 0.717) is 23.8 Å². The van der Waals surface area contributed by atoms with Gasteiger partial charge in [-0.15, -0.1) is 0 Å². The maximum atomic E-state index is 11.8. The Hall–Kier alpha value is -1.71. The number of fused-ring (bicyclic) bond motifs is 1. The van der Waals surface area contributed by atoms with Crippen LogP contribution in [0.1, 0.15) is 27.2 Å². The number of para-hydroxylation sites is 1. The van der Waals surface area contributed by atoms with E-state index in [-0.39, 0.29) is 11.8 Å². The third-order valence-electron chi connectivity index (χ3n) is 2.81. The first kappa shape index (κ1) is 12.7. The highest BCUT2D eigenvalue weighted by atomic mass is 16.5. The van der Waals surface area contributed by atoms with Gasteiger partial charge in [-0.3, -0.25) is 4.79 Å². The highest BCUT2D eigenvalue weighted by Crippen LogP contribution is 2.39. The Morgan fingerprint density at radius 1 is 1.44 bits per heavy atom. The van der Waals surface area contributed by atoms with E-state index in [2.05, 4.69) is 12.2 Å². The van der Waals surface area contributed by atoms with Gasteiger partial charge >= 0.3 is 0 Å². The minimum absolute atomic E-state index is 0.0925. The van der Waals surface area contributed by atoms with Crippen molar-refractivity contribution in [2.45, 2.75) is 33.3 Å². The lowest BCUT2D eigenvalue weighted by atomic mass is 10.0. The molecule has 1 heterocycles. The van der Waals surface area contributed by atoms with Crippen LogP contribution in [0.2, 0.25) is 0 Å². The fraction of sp³-hybridized carbons (Fsp3) is 0.500. The number of anilines is 1. The first-order valence-electron chi connectivity index (χ1n) is 6.36. The Morgan fingerprint density at radius 3 is 2.89 bits per heavy atom. The lowest BCUT2D eigenvalue weighted by molar-refractivity contribution is -0.125. The molecule has 0 radical (unpaired) electrons. The molecule has 1 aromatic carbocycles. The Kier molecular flexibility index (Phi) is 3.75. The molecule has 0 saturated carbocycles. The summed E-state index contributed by atoms with van der Waals surface area (Å²) < 4.78 is 11.4. The molecule has 4 nitrogen and oxygen atoms in total. The molecule has 2 rings (SSSR count). The molecule has 4 heteroatoms. The second kappa shape index (κ2) is 5.29. The van der Waals surface area contributed by atoms with Crippen molar-refractivity contribution in [2.75, 3.05) is 11.9 Å². The number of nitrogens with one attached hydrogen (secondary N) is 1. The van der Waals surface area contributed by atoms with E-state index >= 15 is 0 Å². The van der Waals surface area contributed by atoms with Crippen LogP contribution in [0.15, 0.2) is 18.2 Å². The van der Waals surface area contributed by atoms with Crippen LogP contribution in [-0.4, -0.2) is 18.6 Å². The van der Waals surface area contributed by atoms with Crippen LogP contribution in [0.5, 0.6) is 11.5 Å². The van der Waals surface area contributed by atoms with E-state index in [1.54, 1.807) is 0 Å². The number of amides is 1. The molecule has 0 saturated heterocycles. The van der Waals surface area contributed by atoms with Crippen molar-refractivity contribution >= 4 is 11.6 Å². The largest absolute Gasteiger partial charge is 0.490 e. The Bertz CT molecular complexity index is 443. The monoisotopic (exact) mass is 249 g/mol. The summed E-state index contributed by atoms with van der Waals surface area (Å²) in [6.45, 7) is 6.62. The molecule has 1 aliphatic rings. The summed E-state index contributed by atoms with van der Waals surface area (Å²) in [5.74, 6) is 1.37. The fourth-order valence-electron chi connectivity index (χ4n) is 1.88. The van der Waals surface area contributed by atoms with Gasteiger partial charge in [-0.25, -0.2) is 0 Å². The van der Waals surface area contributed by atoms with Crippen LogP contribution in [0.25, 0.3) is 0 Å². The van der Waals surface area contributed by atoms with Crippen LogP contribution in [0, 0.1) is 5.92 Å². The Labute approximate surface area is 107 Å². The fourth-order valence-corrected chi connectivity index (χ4v) is 1.88. The lowest BCUT2D eigenvalue weighted by Gasteiger charge is -2.29. The van der Waals surface area contributed by atoms with Gasteiger partial charge in [0.2, 0.25) is 0 Å². The average molecular weight is 249 g/mol. The van der Waals surface area contributed by atoms with Crippen molar-refractivity contribution in [3.8, 4) is 11.5 Å². The molecule has 1 amide bonds. The maximum Gasteiger partial charge on any atom is 0.265 e. The number of carbonyl (C=O) groups excluding carboxylic acids is 1. The zero-order chi connectivity index (χ0) is 13.1. The third-order valence-corrected chi connectivity index (χ3v) is 2.81. The van der Waals surface area contributed by atoms with Gasteiger partial charge in [-0.2, -0.15) is 0 Å². The molecule has 1 N–H and O–H groups in total. The summed E-state index contributed by atoms with van der Waals surface area (Å²) in [7, 11) is 0. The maximum absolute atomic E-state index is 11.8. The van der Waals surface area contributed by atoms with Crippen LogP contribution < -0.4 is 14.8 Å². The molecular weight excluding hydrogens is 230 g/mol. The smallest absolute Gasteiger partial charge is 0.265 e. The highest BCUT2D eigenvalue weighted by Gasteiger charge is 2.31. The summed E-state index contributed by atoms with van der Waals surface area (Å²) in [6.07, 6.45) is 0.479. The summed E-state index contributed by atoms with van der Waals surface area (Å²) in [5, 5.41) is 2.86. The standard InChI is InChI=1S/C14H19NO3/c1-4-8-17-11-7-5-6-10-13(11)18-12(9(2)3)14(16)15-10/h5-7,9,12H,4,8H2,1-3H3,(H,15,16). The van der Waals surface area contributed by atoms with E-state index in [1.807, 2.05) is 32.0 Å². The SMILES string of the molecule is CCCOc1cccc2c1OC(C(C)C)C(=O)N2. The minimum atomic E-state index is -0.455. The van der Waals surface area contributed by atoms with Crippen molar-refractivity contribution < 1.29 is 14.3 Å². The molecule has 1 aromatic rings. The third kappa shape index (κ3) is 2.42. The number of benzene rings is 1. The molecular formula is C14H19NO3. The van der Waals surface area contributed by atoms with Crippen molar-refractivity contribution in [1.82, 2.24) is 0 Å². The van der Waals surface area contributed by atoms with Gasteiger partial charge < -0.3 is 14.8 Å². The normalized spacial score (nSPS) is 18.0. The number of ether oxygens (including phenoxy) is 2. The molecule has 1 unspecified atom stereocenters. The number of rotatable bonds is 4. The van der Waals surface area contributed by atoms with Crippen molar-refractivity contribution in [2.24, 2.45) is 5.92 Å². The van der Waals surface area contributed by atoms with Gasteiger partial charge in [0, 0.05) is 0 Å². The average Bonchev–Trinajstić information content (AvgIpc) is 2.34. The summed E-state index contributed by atoms with van der Waals surface area (Å²) in [6, 6.07) is 5.54. The zero-order valence-electron chi connectivity index (χ0n) is 11.0. The minimum Gasteiger partial charge on any atom is -0.490 e. The molecule has 0 bridgehead atoms. The van der Waals surface area contributed by atoms with E-state index in [9.17, 15) is 4.79 Å². The first-order valence-corrected chi connectivity index (χ1v) is 6.36. The van der Waals surface area contributed by atoms with Gasteiger partial charge in [-0.05, 0) is 24.5 Å². The van der Waals surface area contributed by atoms with E-state index in [1.165, 1.54) is 0 Å². The zero-order valence-corrected chi connectivity index (χ0v) is 11.0. The second-order valence-electron chi connectivity index (χ2n) is 4.75. The molecule has 18 heavy (non-hydrogen) atoms. The van der Waals surface area contributed by atoms with E-state index < -0.39 is 6.10 Å². The second-order valence-corrected chi connectivity index (χ2v) is 4.75. The van der Waals surface area contributed by atoms with Crippen molar-refractivity contribution in [1.29, 1.82) is 0 Å². The summed E-state index contributed by atoms with van der Waals surface area (Å²) >= 11 is 0. The van der Waals surface area contributed by atoms with Gasteiger partial charge in [0.15, 0.2) is 17.6 Å². The van der Waals surface area contributed by atoms with Gasteiger partial charge in [-0.1, -0.05) is 26.8 Å². The van der Waals surface area contributed by atoms with Crippen LogP contribution in [0.3, 0.4) is 0 Å². The summed E-state index contributed by atoms with van der Waals surface area (Å²) in [4.78, 5) is 11.8. The Balaban J connectivity index is 2.29. The van der Waals surface area contributed by atoms with Gasteiger partial charge in [0.1, 0.15) is 0 Å². The number of carbonyl (C=O) groups is 1. The number of hydrogen-bond acceptors (Lipinski definition) is 3. The lowest BCUT2D eigenvalue weighted by Crippen LogP contribution is -2.40. The predicted molar refractivity (Wildman–Crippen MR) is 70.1 cm³/mol. The van der Waals surface area contributed by atoms with Crippen molar-refractivity contribution in [3.05, 3.63) is 18.2 Å². The topological polar surface area (TPSA) is 47.6 Å². The van der Waals surface area contributed by atoms with Crippen LogP contribution in [-0.2, 0) is 4.79 Å². The summed E-state index contributed by atoms with van der Waals surface area (Å²) in [5.41, 5.74) is 0.686. The van der Waals surface area contributed by atoms with Crippen LogP contribution >= 0.6 is 0 Å². The van der Waals surface area contributed by atoms with E-state index in [0.717, 1.165) is 6.42 Å². The van der Waals surface area contributed by atoms with Gasteiger partial charge in [0.25, 0.3) is 5.91 Å². The van der Waals surface area contributed by atoms with Crippen LogP contribution in [0.4, 0.5) is 5.69 Å². The molecule has 98 valence electrons. The molecule has 1 atom stereocenters. The Morgan fingerprint density at radius 2 is 2.22 bits per heavy atom. The van der Waals surface area contributed by atoms with Gasteiger partial charge in [0.05, 0.1) is 12.3 Å².